The summed E-state index contributed by atoms with van der Waals surface area (Å²) in [5.74, 6) is 1.30. The monoisotopic (exact) mass is 282 g/mol. The lowest BCUT2D eigenvalue weighted by Crippen LogP contribution is -2.35. The van der Waals surface area contributed by atoms with E-state index in [9.17, 15) is 5.11 Å². The lowest BCUT2D eigenvalue weighted by Gasteiger charge is -2.04. The van der Waals surface area contributed by atoms with Gasteiger partial charge in [-0.3, -0.25) is 5.32 Å². The van der Waals surface area contributed by atoms with Gasteiger partial charge in [-0.25, -0.2) is 9.55 Å². The zero-order valence-corrected chi connectivity index (χ0v) is 12.1. The van der Waals surface area contributed by atoms with Gasteiger partial charge in [-0.1, -0.05) is 37.3 Å². The van der Waals surface area contributed by atoms with E-state index >= 15 is 0 Å². The molecule has 0 aliphatic heterocycles. The van der Waals surface area contributed by atoms with Crippen LogP contribution in [-0.4, -0.2) is 10.1 Å². The SMILES string of the molecule is CCC[n+]1c(NCc2ccccc2O)[nH]c2ccccc21. The van der Waals surface area contributed by atoms with Crippen LogP contribution in [0, 0.1) is 0 Å². The molecule has 0 atom stereocenters. The number of phenols is 1. The Bertz CT molecular complexity index is 749. The van der Waals surface area contributed by atoms with Crippen LogP contribution in [0.2, 0.25) is 0 Å². The standard InChI is InChI=1S/C17H19N3O/c1-2-11-20-15-9-5-4-8-14(15)19-17(20)18-12-13-7-3-6-10-16(13)21/h3-10H,2,11-12H2,1H3,(H2,18,19,21)/p+1. The molecule has 108 valence electrons. The highest BCUT2D eigenvalue weighted by Crippen LogP contribution is 2.18. The van der Waals surface area contributed by atoms with Gasteiger partial charge in [0.05, 0.1) is 13.1 Å². The van der Waals surface area contributed by atoms with E-state index in [2.05, 4.69) is 40.0 Å². The number of para-hydroxylation sites is 3. The molecule has 0 saturated carbocycles. The molecule has 3 N–H and O–H groups in total. The van der Waals surface area contributed by atoms with Gasteiger partial charge in [0.1, 0.15) is 16.8 Å². The van der Waals surface area contributed by atoms with E-state index in [-0.39, 0.29) is 0 Å². The average Bonchev–Trinajstić information content (AvgIpc) is 2.85. The number of aromatic amines is 1. The van der Waals surface area contributed by atoms with Crippen molar-refractivity contribution in [1.29, 1.82) is 0 Å². The van der Waals surface area contributed by atoms with Crippen molar-refractivity contribution in [3.05, 3.63) is 54.1 Å². The minimum Gasteiger partial charge on any atom is -0.508 e. The second-order valence-electron chi connectivity index (χ2n) is 5.12. The number of benzene rings is 2. The third-order valence-corrected chi connectivity index (χ3v) is 3.60. The molecule has 1 aromatic heterocycles. The van der Waals surface area contributed by atoms with E-state index in [1.165, 1.54) is 5.52 Å². The molecule has 4 nitrogen and oxygen atoms in total. The third kappa shape index (κ3) is 2.70. The first-order valence-electron chi connectivity index (χ1n) is 7.31. The number of fused-ring (bicyclic) bond motifs is 1. The molecule has 0 spiro atoms. The molecule has 2 aromatic carbocycles. The Kier molecular flexibility index (Phi) is 3.77. The molecule has 4 heteroatoms. The predicted molar refractivity (Wildman–Crippen MR) is 84.2 cm³/mol. The van der Waals surface area contributed by atoms with Crippen molar-refractivity contribution < 1.29 is 9.67 Å². The van der Waals surface area contributed by atoms with Crippen molar-refractivity contribution >= 4 is 17.0 Å². The van der Waals surface area contributed by atoms with Gasteiger partial charge in [-0.2, -0.15) is 0 Å². The maximum absolute atomic E-state index is 9.84. The van der Waals surface area contributed by atoms with E-state index in [0.29, 0.717) is 12.3 Å². The Labute approximate surface area is 124 Å². The maximum Gasteiger partial charge on any atom is 0.356 e. The summed E-state index contributed by atoms with van der Waals surface area (Å²) >= 11 is 0. The first-order chi connectivity index (χ1) is 10.3. The number of anilines is 1. The Morgan fingerprint density at radius 1 is 1.10 bits per heavy atom. The molecule has 0 saturated heterocycles. The zero-order valence-electron chi connectivity index (χ0n) is 12.1. The summed E-state index contributed by atoms with van der Waals surface area (Å²) in [6.07, 6.45) is 1.07. The number of nitrogens with one attached hydrogen (secondary N) is 2. The molecule has 3 aromatic rings. The topological polar surface area (TPSA) is 51.9 Å². The molecular weight excluding hydrogens is 262 g/mol. The number of aryl methyl sites for hydroxylation is 1. The van der Waals surface area contributed by atoms with Gasteiger partial charge in [-0.05, 0) is 24.6 Å². The molecule has 0 amide bonds. The minimum atomic E-state index is 0.322. The van der Waals surface area contributed by atoms with Crippen molar-refractivity contribution in [2.24, 2.45) is 0 Å². The Balaban J connectivity index is 1.89. The molecule has 0 radical (unpaired) electrons. The van der Waals surface area contributed by atoms with Crippen molar-refractivity contribution in [2.45, 2.75) is 26.4 Å². The molecule has 0 aliphatic carbocycles. The first-order valence-corrected chi connectivity index (χ1v) is 7.31. The summed E-state index contributed by atoms with van der Waals surface area (Å²) in [7, 11) is 0. The van der Waals surface area contributed by atoms with Gasteiger partial charge in [-0.15, -0.1) is 0 Å². The van der Waals surface area contributed by atoms with Crippen molar-refractivity contribution in [3.63, 3.8) is 0 Å². The number of rotatable bonds is 5. The Morgan fingerprint density at radius 3 is 2.67 bits per heavy atom. The average molecular weight is 282 g/mol. The minimum absolute atomic E-state index is 0.322. The lowest BCUT2D eigenvalue weighted by molar-refractivity contribution is -0.657. The molecule has 0 fully saturated rings. The van der Waals surface area contributed by atoms with Gasteiger partial charge in [0, 0.05) is 5.56 Å². The van der Waals surface area contributed by atoms with Crippen LogP contribution in [0.5, 0.6) is 5.75 Å². The number of imidazole rings is 1. The van der Waals surface area contributed by atoms with Crippen LogP contribution < -0.4 is 9.88 Å². The molecule has 0 bridgehead atoms. The summed E-state index contributed by atoms with van der Waals surface area (Å²) in [6, 6.07) is 15.7. The van der Waals surface area contributed by atoms with Gasteiger partial charge in [0.2, 0.25) is 0 Å². The number of phenolic OH excluding ortho intramolecular Hbond substituents is 1. The number of aromatic hydroxyl groups is 1. The Hall–Kier alpha value is -2.49. The smallest absolute Gasteiger partial charge is 0.356 e. The number of hydrogen-bond donors (Lipinski definition) is 3. The molecule has 0 aliphatic rings. The van der Waals surface area contributed by atoms with Gasteiger partial charge >= 0.3 is 5.95 Å². The van der Waals surface area contributed by atoms with Crippen LogP contribution in [0.4, 0.5) is 5.95 Å². The van der Waals surface area contributed by atoms with Crippen LogP contribution in [0.1, 0.15) is 18.9 Å². The third-order valence-electron chi connectivity index (χ3n) is 3.60. The molecule has 0 unspecified atom stereocenters. The number of H-pyrrole nitrogens is 1. The van der Waals surface area contributed by atoms with Crippen molar-refractivity contribution in [1.82, 2.24) is 4.98 Å². The fourth-order valence-electron chi connectivity index (χ4n) is 2.56. The summed E-state index contributed by atoms with van der Waals surface area (Å²) < 4.78 is 2.25. The van der Waals surface area contributed by atoms with Crippen LogP contribution >= 0.6 is 0 Å². The normalized spacial score (nSPS) is 10.9. The number of hydrogen-bond acceptors (Lipinski definition) is 2. The van der Waals surface area contributed by atoms with Crippen molar-refractivity contribution in [3.8, 4) is 5.75 Å². The quantitative estimate of drug-likeness (QED) is 0.630. The molecule has 3 rings (SSSR count). The van der Waals surface area contributed by atoms with E-state index in [0.717, 1.165) is 30.0 Å². The fourth-order valence-corrected chi connectivity index (χ4v) is 2.56. The number of nitrogens with zero attached hydrogens (tertiary/aromatic N) is 1. The summed E-state index contributed by atoms with van der Waals surface area (Å²) in [5.41, 5.74) is 3.20. The highest BCUT2D eigenvalue weighted by atomic mass is 16.3. The summed E-state index contributed by atoms with van der Waals surface area (Å²) in [5, 5.41) is 13.2. The van der Waals surface area contributed by atoms with Crippen LogP contribution in [-0.2, 0) is 13.1 Å². The second-order valence-corrected chi connectivity index (χ2v) is 5.12. The highest BCUT2D eigenvalue weighted by molar-refractivity contribution is 5.72. The van der Waals surface area contributed by atoms with E-state index in [4.69, 9.17) is 0 Å². The predicted octanol–water partition coefficient (Wildman–Crippen LogP) is 3.18. The first kappa shape index (κ1) is 13.5. The van der Waals surface area contributed by atoms with Gasteiger partial charge < -0.3 is 5.11 Å². The lowest BCUT2D eigenvalue weighted by atomic mass is 10.2. The molecular formula is C17H20N3O+. The number of aromatic nitrogens is 2. The molecule has 21 heavy (non-hydrogen) atoms. The van der Waals surface area contributed by atoms with E-state index in [1.54, 1.807) is 6.07 Å². The summed E-state index contributed by atoms with van der Waals surface area (Å²) in [4.78, 5) is 3.41. The Morgan fingerprint density at radius 2 is 1.86 bits per heavy atom. The zero-order chi connectivity index (χ0) is 14.7. The van der Waals surface area contributed by atoms with E-state index in [1.807, 2.05) is 24.3 Å². The van der Waals surface area contributed by atoms with Gasteiger partial charge in [0.15, 0.2) is 0 Å². The van der Waals surface area contributed by atoms with Gasteiger partial charge in [0.25, 0.3) is 0 Å². The summed E-state index contributed by atoms with van der Waals surface area (Å²) in [6.45, 7) is 3.71. The largest absolute Gasteiger partial charge is 0.508 e. The molecule has 1 heterocycles. The second kappa shape index (κ2) is 5.87. The maximum atomic E-state index is 9.84. The van der Waals surface area contributed by atoms with Crippen LogP contribution in [0.15, 0.2) is 48.5 Å². The van der Waals surface area contributed by atoms with Crippen LogP contribution in [0.3, 0.4) is 0 Å². The van der Waals surface area contributed by atoms with E-state index < -0.39 is 0 Å². The fraction of sp³-hybridized carbons (Fsp3) is 0.235. The van der Waals surface area contributed by atoms with Crippen molar-refractivity contribution in [2.75, 3.05) is 5.32 Å². The highest BCUT2D eigenvalue weighted by Gasteiger charge is 2.16. The van der Waals surface area contributed by atoms with Crippen LogP contribution in [0.25, 0.3) is 11.0 Å².